The maximum atomic E-state index is 14.7. The van der Waals surface area contributed by atoms with Crippen LogP contribution in [0.2, 0.25) is 0 Å². The number of halogens is 3. The average Bonchev–Trinajstić information content (AvgIpc) is 3.61. The zero-order valence-corrected chi connectivity index (χ0v) is 41.2. The lowest BCUT2D eigenvalue weighted by Gasteiger charge is -2.55. The van der Waals surface area contributed by atoms with Gasteiger partial charge in [-0.1, -0.05) is 61.5 Å². The molecule has 66 heavy (non-hydrogen) atoms. The second-order valence-corrected chi connectivity index (χ2v) is 21.0. The maximum Gasteiger partial charge on any atom is 0.416 e. The van der Waals surface area contributed by atoms with E-state index in [0.29, 0.717) is 63.5 Å². The van der Waals surface area contributed by atoms with Crippen LogP contribution >= 0.6 is 12.2 Å². The number of anilines is 1. The number of aliphatic hydroxyl groups is 2. The van der Waals surface area contributed by atoms with Gasteiger partial charge >= 0.3 is 12.1 Å². The molecule has 0 saturated carbocycles. The molecule has 5 N–H and O–H groups in total. The molecular weight excluding hydrogens is 878 g/mol. The van der Waals surface area contributed by atoms with E-state index in [4.69, 9.17) is 35.9 Å². The molecule has 1 aromatic rings. The van der Waals surface area contributed by atoms with Crippen LogP contribution in [-0.2, 0) is 39.4 Å². The molecule has 12 nitrogen and oxygen atoms in total. The highest BCUT2D eigenvalue weighted by atomic mass is 32.1. The van der Waals surface area contributed by atoms with Crippen LogP contribution in [-0.4, -0.2) is 97.6 Å². The molecule has 0 unspecified atom stereocenters. The predicted octanol–water partition coefficient (Wildman–Crippen LogP) is 9.20. The molecule has 2 spiro atoms. The lowest BCUT2D eigenvalue weighted by atomic mass is 9.72. The molecule has 0 aromatic heterocycles. The summed E-state index contributed by atoms with van der Waals surface area (Å²) < 4.78 is 74.6. The number of hydrogen-bond acceptors (Lipinski definition) is 10. The molecule has 4 fully saturated rings. The van der Waals surface area contributed by atoms with Crippen LogP contribution in [0.4, 0.5) is 18.9 Å². The van der Waals surface area contributed by atoms with E-state index in [9.17, 15) is 38.1 Å². The monoisotopic (exact) mass is 953 g/mol. The summed E-state index contributed by atoms with van der Waals surface area (Å²) in [4.78, 5) is 26.8. The molecule has 5 aliphatic heterocycles. The van der Waals surface area contributed by atoms with Gasteiger partial charge in [0.25, 0.3) is 0 Å². The second-order valence-electron chi connectivity index (χ2n) is 20.6. The fourth-order valence-corrected chi connectivity index (χ4v) is 12.0. The fraction of sp³-hybridized carbons (Fsp3) is 0.780. The summed E-state index contributed by atoms with van der Waals surface area (Å²) >= 11 is 5.74. The number of carboxylic acids is 1. The van der Waals surface area contributed by atoms with E-state index in [1.165, 1.54) is 12.1 Å². The van der Waals surface area contributed by atoms with Gasteiger partial charge in [0.15, 0.2) is 16.7 Å². The van der Waals surface area contributed by atoms with Gasteiger partial charge in [0.05, 0.1) is 59.3 Å². The summed E-state index contributed by atoms with van der Waals surface area (Å²) in [5.74, 6) is -6.48. The Labute approximate surface area is 394 Å². The van der Waals surface area contributed by atoms with Gasteiger partial charge in [0.2, 0.25) is 0 Å². The molecular formula is C50H75F3N2O10S. The minimum absolute atomic E-state index is 0.0626. The van der Waals surface area contributed by atoms with Gasteiger partial charge in [-0.25, -0.2) is 0 Å². The summed E-state index contributed by atoms with van der Waals surface area (Å²) in [6.45, 7) is 19.4. The van der Waals surface area contributed by atoms with E-state index in [-0.39, 0.29) is 34.8 Å². The van der Waals surface area contributed by atoms with Crippen molar-refractivity contribution in [2.45, 2.75) is 205 Å². The first kappa shape index (κ1) is 52.7. The summed E-state index contributed by atoms with van der Waals surface area (Å²) in [7, 11) is 0. The molecule has 0 bridgehead atoms. The van der Waals surface area contributed by atoms with E-state index >= 15 is 0 Å². The Hall–Kier alpha value is -2.70. The van der Waals surface area contributed by atoms with Crippen LogP contribution in [0.15, 0.2) is 36.4 Å². The Morgan fingerprint density at radius 2 is 1.58 bits per heavy atom. The lowest BCUT2D eigenvalue weighted by Crippen LogP contribution is -2.66. The molecule has 0 aliphatic carbocycles. The van der Waals surface area contributed by atoms with Gasteiger partial charge in [0.1, 0.15) is 11.8 Å². The van der Waals surface area contributed by atoms with E-state index in [1.807, 2.05) is 67.5 Å². The number of rotatable bonds is 14. The molecule has 0 amide bonds. The Kier molecular flexibility index (Phi) is 16.2. The highest BCUT2D eigenvalue weighted by Crippen LogP contribution is 2.54. The number of nitrogens with one attached hydrogen (secondary N) is 2. The normalized spacial score (nSPS) is 39.5. The highest BCUT2D eigenvalue weighted by Gasteiger charge is 2.63. The Morgan fingerprint density at radius 1 is 0.909 bits per heavy atom. The third kappa shape index (κ3) is 10.6. The predicted molar refractivity (Wildman–Crippen MR) is 247 cm³/mol. The van der Waals surface area contributed by atoms with E-state index in [1.54, 1.807) is 6.92 Å². The molecule has 16 heteroatoms. The van der Waals surface area contributed by atoms with Crippen LogP contribution in [0.3, 0.4) is 0 Å². The number of carbonyl (C=O) groups excluding carboxylic acids is 1. The number of carboxylic acid groups (broad SMARTS) is 1. The number of Topliss-reactive ketones (excluding diaryl/α,β-unsaturated/α-hetero) is 1. The zero-order valence-electron chi connectivity index (χ0n) is 40.4. The van der Waals surface area contributed by atoms with Crippen molar-refractivity contribution in [3.63, 3.8) is 0 Å². The molecule has 4 saturated heterocycles. The SMILES string of the molecule is CC[C@@H](C(=O)[C@@H](C)[C@@H](O)[C@H](C)[C@@H]1O[C@@H]([C@@H](CC)C(=O)O)CC[C@@H]1C)[C@H]1O[C@]2(C=C[C@@H](NC(=S)Nc3ccc(C(F)(F)F)cc3)[C@]3(CC[C@@](C)([C@H]4CC[C@](O)(CC)[C@H](C)O4)O3)O2)[C@H](C)C[C@@H]1C. The van der Waals surface area contributed by atoms with Crippen molar-refractivity contribution in [3.8, 4) is 0 Å². The standard InChI is InChI=1S/C50H75F3N2O10S/c1-11-35(44(58)59)37-19-14-27(4)42(62-37)31(8)40(56)30(7)41(57)36(12-2)43-28(5)26-29(6)48(63-43)23-20-38(55-45(66)54-34-17-15-33(16-18-34)50(51,52)53)49(65-48)25-24-46(10,64-49)39-21-22-47(60,13-3)32(9)61-39/h15-18,20,23,27-32,35-40,42-43,56,60H,11-14,19,21-22,24-26H2,1-10H3,(H,58,59)(H2,54,55,66)/t27-,28-,29+,30-,31-,32-,35+,36-,37+,38+,39+,40+,42+,43-,46-,47+,48-,49-/m0/s1. The highest BCUT2D eigenvalue weighted by molar-refractivity contribution is 7.80. The number of benzene rings is 1. The molecule has 6 rings (SSSR count). The van der Waals surface area contributed by atoms with Crippen molar-refractivity contribution < 1.29 is 61.8 Å². The van der Waals surface area contributed by atoms with E-state index in [0.717, 1.165) is 18.6 Å². The van der Waals surface area contributed by atoms with Crippen LogP contribution < -0.4 is 10.6 Å². The van der Waals surface area contributed by atoms with Crippen LogP contribution in [0.1, 0.15) is 139 Å². The second kappa shape index (κ2) is 20.3. The summed E-state index contributed by atoms with van der Waals surface area (Å²) in [6, 6.07) is 3.89. The summed E-state index contributed by atoms with van der Waals surface area (Å²) in [5.41, 5.74) is -2.25. The van der Waals surface area contributed by atoms with Crippen molar-refractivity contribution in [1.82, 2.24) is 5.32 Å². The van der Waals surface area contributed by atoms with Crippen LogP contribution in [0, 0.1) is 41.4 Å². The molecule has 0 radical (unpaired) electrons. The largest absolute Gasteiger partial charge is 0.481 e. The van der Waals surface area contributed by atoms with E-state index in [2.05, 4.69) is 17.6 Å². The zero-order chi connectivity index (χ0) is 48.7. The van der Waals surface area contributed by atoms with Crippen molar-refractivity contribution in [3.05, 3.63) is 42.0 Å². The van der Waals surface area contributed by atoms with E-state index < -0.39 is 101 Å². The first-order valence-corrected chi connectivity index (χ1v) is 24.8. The Balaban J connectivity index is 1.25. The molecule has 372 valence electrons. The first-order valence-electron chi connectivity index (χ1n) is 24.4. The van der Waals surface area contributed by atoms with Gasteiger partial charge in [-0.2, -0.15) is 13.2 Å². The number of aliphatic carboxylic acids is 1. The fourth-order valence-electron chi connectivity index (χ4n) is 11.7. The quantitative estimate of drug-likeness (QED) is 0.0887. The third-order valence-corrected chi connectivity index (χ3v) is 16.5. The number of aliphatic hydroxyl groups excluding tert-OH is 1. The summed E-state index contributed by atoms with van der Waals surface area (Å²) in [5, 5.41) is 39.5. The molecule has 5 aliphatic rings. The number of carbonyl (C=O) groups is 2. The number of alkyl halides is 3. The smallest absolute Gasteiger partial charge is 0.416 e. The van der Waals surface area contributed by atoms with Crippen molar-refractivity contribution in [2.24, 2.45) is 41.4 Å². The van der Waals surface area contributed by atoms with Crippen molar-refractivity contribution in [2.75, 3.05) is 5.32 Å². The van der Waals surface area contributed by atoms with Crippen LogP contribution in [0.25, 0.3) is 0 Å². The van der Waals surface area contributed by atoms with Crippen molar-refractivity contribution in [1.29, 1.82) is 0 Å². The topological polar surface area (TPSA) is 165 Å². The van der Waals surface area contributed by atoms with Crippen molar-refractivity contribution >= 4 is 34.8 Å². The number of ketones is 1. The van der Waals surface area contributed by atoms with Crippen LogP contribution in [0.5, 0.6) is 0 Å². The number of hydrogen-bond donors (Lipinski definition) is 5. The van der Waals surface area contributed by atoms with Gasteiger partial charge < -0.3 is 49.6 Å². The minimum Gasteiger partial charge on any atom is -0.481 e. The lowest BCUT2D eigenvalue weighted by molar-refractivity contribution is -0.397. The first-order chi connectivity index (χ1) is 30.9. The summed E-state index contributed by atoms with van der Waals surface area (Å²) in [6.07, 6.45) is 1.33. The minimum atomic E-state index is -4.49. The van der Waals surface area contributed by atoms with Gasteiger partial charge in [0, 0.05) is 35.8 Å². The Morgan fingerprint density at radius 3 is 2.17 bits per heavy atom. The maximum absolute atomic E-state index is 14.7. The molecule has 18 atom stereocenters. The number of thiocarbonyl (C=S) groups is 1. The number of ether oxygens (including phenoxy) is 5. The molecule has 5 heterocycles. The van der Waals surface area contributed by atoms with Gasteiger partial charge in [-0.15, -0.1) is 0 Å². The average molecular weight is 953 g/mol. The van der Waals surface area contributed by atoms with Gasteiger partial charge in [-0.3, -0.25) is 9.59 Å². The molecule has 1 aromatic carbocycles. The van der Waals surface area contributed by atoms with Gasteiger partial charge in [-0.05, 0) is 126 Å². The third-order valence-electron chi connectivity index (χ3n) is 16.2. The Bertz CT molecular complexity index is 1910.